The summed E-state index contributed by atoms with van der Waals surface area (Å²) in [5, 5.41) is 3.51. The topological polar surface area (TPSA) is 86.8 Å². The predicted molar refractivity (Wildman–Crippen MR) is 125 cm³/mol. The lowest BCUT2D eigenvalue weighted by Crippen LogP contribution is -2.65. The second kappa shape index (κ2) is 9.69. The number of piperidine rings is 1. The van der Waals surface area contributed by atoms with E-state index in [1.165, 1.54) is 26.3 Å². The molecule has 4 rings (SSSR count). The van der Waals surface area contributed by atoms with E-state index in [4.69, 9.17) is 0 Å². The van der Waals surface area contributed by atoms with E-state index in [1.54, 1.807) is 6.92 Å². The summed E-state index contributed by atoms with van der Waals surface area (Å²) in [6.07, 6.45) is 14.1. The lowest BCUT2D eigenvalue weighted by Gasteiger charge is -2.46. The molecular formula is C26H39N3O4. The van der Waals surface area contributed by atoms with Crippen molar-refractivity contribution in [2.45, 2.75) is 84.0 Å². The molecule has 0 aromatic heterocycles. The van der Waals surface area contributed by atoms with Gasteiger partial charge >= 0.3 is 6.03 Å². The summed E-state index contributed by atoms with van der Waals surface area (Å²) in [5.41, 5.74) is -0.692. The van der Waals surface area contributed by atoms with Crippen molar-refractivity contribution in [3.05, 3.63) is 11.6 Å². The van der Waals surface area contributed by atoms with Gasteiger partial charge in [0.2, 0.25) is 5.91 Å². The molecule has 182 valence electrons. The largest absolute Gasteiger partial charge is 0.333 e. The number of barbiturate groups is 1. The lowest BCUT2D eigenvalue weighted by molar-refractivity contribution is -0.156. The van der Waals surface area contributed by atoms with Crippen LogP contribution in [0.4, 0.5) is 4.79 Å². The first kappa shape index (κ1) is 24.1. The quantitative estimate of drug-likeness (QED) is 0.512. The molecule has 2 aliphatic heterocycles. The number of hydrogen-bond donors (Lipinski definition) is 1. The average molecular weight is 458 g/mol. The Balaban J connectivity index is 1.59. The van der Waals surface area contributed by atoms with Crippen molar-refractivity contribution in [2.24, 2.45) is 16.7 Å². The normalized spacial score (nSPS) is 31.3. The van der Waals surface area contributed by atoms with Crippen LogP contribution in [0, 0.1) is 16.7 Å². The molecule has 4 amide bonds. The summed E-state index contributed by atoms with van der Waals surface area (Å²) in [4.78, 5) is 55.6. The molecule has 2 saturated heterocycles. The van der Waals surface area contributed by atoms with Crippen molar-refractivity contribution >= 4 is 23.6 Å². The van der Waals surface area contributed by atoms with Crippen LogP contribution in [0.15, 0.2) is 11.6 Å². The maximum atomic E-state index is 13.7. The van der Waals surface area contributed by atoms with E-state index >= 15 is 0 Å². The van der Waals surface area contributed by atoms with Gasteiger partial charge in [0.15, 0.2) is 5.78 Å². The summed E-state index contributed by atoms with van der Waals surface area (Å²) in [6, 6.07) is -0.673. The summed E-state index contributed by atoms with van der Waals surface area (Å²) in [5.74, 6) is -1.19. The molecule has 0 radical (unpaired) electrons. The van der Waals surface area contributed by atoms with Crippen LogP contribution < -0.4 is 5.32 Å². The van der Waals surface area contributed by atoms with E-state index in [0.29, 0.717) is 6.42 Å². The Hall–Kier alpha value is -2.02. The minimum Gasteiger partial charge on any atom is -0.316 e. The first-order chi connectivity index (χ1) is 15.8. The molecule has 1 N–H and O–H groups in total. The third-order valence-electron chi connectivity index (χ3n) is 8.73. The smallest absolute Gasteiger partial charge is 0.316 e. The van der Waals surface area contributed by atoms with Gasteiger partial charge in [0, 0.05) is 19.5 Å². The van der Waals surface area contributed by atoms with Gasteiger partial charge in [-0.2, -0.15) is 0 Å². The number of urea groups is 1. The minimum atomic E-state index is -1.39. The monoisotopic (exact) mass is 457 g/mol. The standard InChI is InChI=1S/C26H39N3O4/c1-25(19-11-7-6-8-12-19)22(31)28(2)24(33)29(23(25)32)17-21(30)20-13-16-27-18-26(20)14-9-4-3-5-10-15-26/h11,20,27H,3-10,12-18H2,1-2H3. The number of imide groups is 2. The van der Waals surface area contributed by atoms with Crippen LogP contribution in [0.2, 0.25) is 0 Å². The van der Waals surface area contributed by atoms with Crippen molar-refractivity contribution in [1.29, 1.82) is 0 Å². The SMILES string of the molecule is CN1C(=O)N(CC(=O)C2CCNCC23CCCCCCC3)C(=O)C(C)(C2=CCCCC2)C1=O. The van der Waals surface area contributed by atoms with Crippen molar-refractivity contribution in [2.75, 3.05) is 26.7 Å². The first-order valence-electron chi connectivity index (χ1n) is 12.9. The average Bonchev–Trinajstić information content (AvgIpc) is 2.82. The van der Waals surface area contributed by atoms with Gasteiger partial charge in [-0.15, -0.1) is 0 Å². The second-order valence-electron chi connectivity index (χ2n) is 10.8. The van der Waals surface area contributed by atoms with Crippen LogP contribution >= 0.6 is 0 Å². The number of Topliss-reactive ketones (excluding diaryl/α,β-unsaturated/α-hetero) is 1. The fourth-order valence-corrected chi connectivity index (χ4v) is 6.67. The van der Waals surface area contributed by atoms with Crippen molar-refractivity contribution in [1.82, 2.24) is 15.1 Å². The van der Waals surface area contributed by atoms with Crippen LogP contribution in [0.5, 0.6) is 0 Å². The Morgan fingerprint density at radius 2 is 1.73 bits per heavy atom. The number of nitrogens with one attached hydrogen (secondary N) is 1. The molecule has 7 heteroatoms. The molecule has 2 unspecified atom stereocenters. The van der Waals surface area contributed by atoms with Gasteiger partial charge < -0.3 is 5.32 Å². The van der Waals surface area contributed by atoms with Crippen LogP contribution in [0.3, 0.4) is 0 Å². The second-order valence-corrected chi connectivity index (χ2v) is 10.8. The summed E-state index contributed by atoms with van der Waals surface area (Å²) in [6.45, 7) is 3.01. The van der Waals surface area contributed by atoms with Crippen molar-refractivity contribution < 1.29 is 19.2 Å². The molecule has 7 nitrogen and oxygen atoms in total. The van der Waals surface area contributed by atoms with E-state index in [0.717, 1.165) is 79.8 Å². The Labute approximate surface area is 197 Å². The highest BCUT2D eigenvalue weighted by Crippen LogP contribution is 2.45. The molecule has 1 saturated carbocycles. The van der Waals surface area contributed by atoms with Gasteiger partial charge in [-0.1, -0.05) is 38.2 Å². The van der Waals surface area contributed by atoms with Crippen LogP contribution in [0.25, 0.3) is 0 Å². The number of allylic oxidation sites excluding steroid dienone is 1. The molecule has 3 fully saturated rings. The van der Waals surface area contributed by atoms with Gasteiger partial charge in [-0.05, 0) is 69.4 Å². The maximum Gasteiger partial charge on any atom is 0.333 e. The summed E-state index contributed by atoms with van der Waals surface area (Å²) in [7, 11) is 1.43. The number of carbonyl (C=O) groups excluding carboxylic acids is 4. The first-order valence-corrected chi connectivity index (χ1v) is 12.9. The van der Waals surface area contributed by atoms with Crippen LogP contribution in [-0.2, 0) is 14.4 Å². The molecule has 2 atom stereocenters. The number of hydrogen-bond acceptors (Lipinski definition) is 5. The van der Waals surface area contributed by atoms with Crippen LogP contribution in [0.1, 0.15) is 84.0 Å². The number of ketones is 1. The minimum absolute atomic E-state index is 0.0264. The fourth-order valence-electron chi connectivity index (χ4n) is 6.67. The van der Waals surface area contributed by atoms with E-state index in [-0.39, 0.29) is 23.7 Å². The zero-order valence-electron chi connectivity index (χ0n) is 20.3. The Bertz CT molecular complexity index is 842. The maximum absolute atomic E-state index is 13.7. The van der Waals surface area contributed by atoms with E-state index in [2.05, 4.69) is 5.32 Å². The molecule has 0 aromatic carbocycles. The molecule has 2 aliphatic carbocycles. The highest BCUT2D eigenvalue weighted by Gasteiger charge is 2.56. The van der Waals surface area contributed by atoms with Gasteiger partial charge in [-0.25, -0.2) is 4.79 Å². The molecule has 0 aromatic rings. The Kier molecular flexibility index (Phi) is 7.08. The molecule has 0 bridgehead atoms. The van der Waals surface area contributed by atoms with Crippen molar-refractivity contribution in [3.63, 3.8) is 0 Å². The molecule has 1 spiro atoms. The van der Waals surface area contributed by atoms with Gasteiger partial charge in [0.25, 0.3) is 5.91 Å². The van der Waals surface area contributed by atoms with Gasteiger partial charge in [0.1, 0.15) is 5.41 Å². The third kappa shape index (κ3) is 4.29. The number of amides is 4. The lowest BCUT2D eigenvalue weighted by atomic mass is 9.63. The van der Waals surface area contributed by atoms with Crippen LogP contribution in [-0.4, -0.2) is 60.1 Å². The molecular weight excluding hydrogens is 418 g/mol. The predicted octanol–water partition coefficient (Wildman–Crippen LogP) is 3.82. The van der Waals surface area contributed by atoms with E-state index in [1.807, 2.05) is 6.08 Å². The highest BCUT2D eigenvalue weighted by molar-refractivity contribution is 6.21. The number of carbonyl (C=O) groups is 4. The van der Waals surface area contributed by atoms with E-state index < -0.39 is 23.3 Å². The van der Waals surface area contributed by atoms with Gasteiger partial charge in [0.05, 0.1) is 6.54 Å². The molecule has 33 heavy (non-hydrogen) atoms. The zero-order valence-corrected chi connectivity index (χ0v) is 20.3. The number of rotatable bonds is 4. The van der Waals surface area contributed by atoms with E-state index in [9.17, 15) is 19.2 Å². The molecule has 2 heterocycles. The highest BCUT2D eigenvalue weighted by atomic mass is 16.2. The summed E-state index contributed by atoms with van der Waals surface area (Å²) < 4.78 is 0. The van der Waals surface area contributed by atoms with Gasteiger partial charge in [-0.3, -0.25) is 24.2 Å². The third-order valence-corrected chi connectivity index (χ3v) is 8.73. The Morgan fingerprint density at radius 1 is 1.03 bits per heavy atom. The van der Waals surface area contributed by atoms with Crippen molar-refractivity contribution in [3.8, 4) is 0 Å². The number of nitrogens with zero attached hydrogens (tertiary/aromatic N) is 2. The molecule has 4 aliphatic rings. The Morgan fingerprint density at radius 3 is 2.39 bits per heavy atom. The fraction of sp³-hybridized carbons (Fsp3) is 0.769. The zero-order chi connectivity index (χ0) is 23.6. The summed E-state index contributed by atoms with van der Waals surface area (Å²) >= 11 is 0.